The first-order valence-corrected chi connectivity index (χ1v) is 6.29. The number of rotatable bonds is 3. The fourth-order valence-corrected chi connectivity index (χ4v) is 2.12. The molecule has 0 spiro atoms. The molecule has 1 aliphatic heterocycles. The van der Waals surface area contributed by atoms with Crippen molar-refractivity contribution in [2.24, 2.45) is 0 Å². The Morgan fingerprint density at radius 3 is 2.90 bits per heavy atom. The van der Waals surface area contributed by atoms with Crippen LogP contribution >= 0.6 is 0 Å². The van der Waals surface area contributed by atoms with Gasteiger partial charge in [-0.1, -0.05) is 30.3 Å². The van der Waals surface area contributed by atoms with E-state index in [1.165, 1.54) is 0 Å². The highest BCUT2D eigenvalue weighted by atomic mass is 16.5. The molecular weight excluding hydrogens is 256 g/mol. The maximum Gasteiger partial charge on any atom is 0.265 e. The number of nitrogens with zero attached hydrogens (tertiary/aromatic N) is 2. The molecule has 0 saturated heterocycles. The Morgan fingerprint density at radius 1 is 1.35 bits per heavy atom. The zero-order valence-corrected chi connectivity index (χ0v) is 11.1. The predicted molar refractivity (Wildman–Crippen MR) is 73.9 cm³/mol. The largest absolute Gasteiger partial charge is 0.495 e. The summed E-state index contributed by atoms with van der Waals surface area (Å²) in [6, 6.07) is 11.6. The molecule has 102 valence electrons. The zero-order chi connectivity index (χ0) is 13.9. The van der Waals surface area contributed by atoms with E-state index in [2.05, 4.69) is 4.98 Å². The lowest BCUT2D eigenvalue weighted by atomic mass is 10.2. The molecule has 3 rings (SSSR count). The van der Waals surface area contributed by atoms with Gasteiger partial charge in [0, 0.05) is 6.07 Å². The number of fused-ring (bicyclic) bond motifs is 1. The van der Waals surface area contributed by atoms with E-state index >= 15 is 0 Å². The van der Waals surface area contributed by atoms with Crippen LogP contribution in [-0.4, -0.2) is 24.6 Å². The fourth-order valence-electron chi connectivity index (χ4n) is 2.12. The third-order valence-corrected chi connectivity index (χ3v) is 3.15. The lowest BCUT2D eigenvalue weighted by Crippen LogP contribution is -2.38. The third-order valence-electron chi connectivity index (χ3n) is 3.15. The van der Waals surface area contributed by atoms with E-state index < -0.39 is 0 Å². The van der Waals surface area contributed by atoms with Gasteiger partial charge < -0.3 is 14.4 Å². The van der Waals surface area contributed by atoms with Crippen molar-refractivity contribution in [2.75, 3.05) is 18.6 Å². The van der Waals surface area contributed by atoms with Gasteiger partial charge in [-0.2, -0.15) is 0 Å². The number of amides is 1. The molecule has 0 aliphatic carbocycles. The quantitative estimate of drug-likeness (QED) is 0.856. The van der Waals surface area contributed by atoms with Crippen molar-refractivity contribution in [1.29, 1.82) is 0 Å². The van der Waals surface area contributed by atoms with Gasteiger partial charge in [0.15, 0.2) is 6.61 Å². The summed E-state index contributed by atoms with van der Waals surface area (Å²) < 4.78 is 10.5. The van der Waals surface area contributed by atoms with Gasteiger partial charge in [0.05, 0.1) is 19.9 Å². The summed E-state index contributed by atoms with van der Waals surface area (Å²) in [6.07, 6.45) is 1.58. The second-order valence-electron chi connectivity index (χ2n) is 4.45. The second kappa shape index (κ2) is 5.21. The standard InChI is InChI=1S/C15H14N2O3/c1-19-12-7-13-15(16-8-12)20-10-14(18)17(13)9-11-5-3-2-4-6-11/h2-8H,9-10H2,1H3. The molecule has 20 heavy (non-hydrogen) atoms. The molecule has 2 heterocycles. The SMILES string of the molecule is COc1cnc2c(c1)N(Cc1ccccc1)C(=O)CO2. The number of carbonyl (C=O) groups is 1. The first-order valence-electron chi connectivity index (χ1n) is 6.29. The van der Waals surface area contributed by atoms with Crippen molar-refractivity contribution in [1.82, 2.24) is 4.98 Å². The van der Waals surface area contributed by atoms with E-state index in [0.29, 0.717) is 23.9 Å². The number of methoxy groups -OCH3 is 1. The molecule has 1 aromatic carbocycles. The Morgan fingerprint density at radius 2 is 2.15 bits per heavy atom. The number of hydrogen-bond acceptors (Lipinski definition) is 4. The van der Waals surface area contributed by atoms with Crippen LogP contribution in [0.2, 0.25) is 0 Å². The van der Waals surface area contributed by atoms with Crippen molar-refractivity contribution in [2.45, 2.75) is 6.54 Å². The highest BCUT2D eigenvalue weighted by Crippen LogP contribution is 2.33. The van der Waals surface area contributed by atoms with Gasteiger partial charge in [0.2, 0.25) is 5.88 Å². The lowest BCUT2D eigenvalue weighted by Gasteiger charge is -2.28. The summed E-state index contributed by atoms with van der Waals surface area (Å²) in [4.78, 5) is 17.9. The first kappa shape index (κ1) is 12.5. The molecule has 0 radical (unpaired) electrons. The number of ether oxygens (including phenoxy) is 2. The van der Waals surface area contributed by atoms with Crippen molar-refractivity contribution in [3.8, 4) is 11.6 Å². The van der Waals surface area contributed by atoms with Crippen molar-refractivity contribution < 1.29 is 14.3 Å². The highest BCUT2D eigenvalue weighted by molar-refractivity contribution is 5.97. The highest BCUT2D eigenvalue weighted by Gasteiger charge is 2.27. The monoisotopic (exact) mass is 270 g/mol. The molecule has 2 aromatic rings. The van der Waals surface area contributed by atoms with Gasteiger partial charge in [-0.05, 0) is 5.56 Å². The summed E-state index contributed by atoms with van der Waals surface area (Å²) in [7, 11) is 1.57. The van der Waals surface area contributed by atoms with E-state index in [0.717, 1.165) is 5.56 Å². The van der Waals surface area contributed by atoms with E-state index in [-0.39, 0.29) is 12.5 Å². The maximum absolute atomic E-state index is 12.1. The van der Waals surface area contributed by atoms with Crippen molar-refractivity contribution >= 4 is 11.6 Å². The van der Waals surface area contributed by atoms with Gasteiger partial charge in [0.25, 0.3) is 5.91 Å². The average molecular weight is 270 g/mol. The molecule has 5 nitrogen and oxygen atoms in total. The van der Waals surface area contributed by atoms with Gasteiger partial charge in [0.1, 0.15) is 11.4 Å². The van der Waals surface area contributed by atoms with Crippen LogP contribution in [0.3, 0.4) is 0 Å². The Labute approximate surface area is 116 Å². The summed E-state index contributed by atoms with van der Waals surface area (Å²) in [5.41, 5.74) is 1.70. The topological polar surface area (TPSA) is 51.7 Å². The summed E-state index contributed by atoms with van der Waals surface area (Å²) in [5.74, 6) is 0.970. The molecule has 1 aromatic heterocycles. The van der Waals surface area contributed by atoms with Crippen molar-refractivity contribution in [3.05, 3.63) is 48.2 Å². The van der Waals surface area contributed by atoms with E-state index in [4.69, 9.17) is 9.47 Å². The summed E-state index contributed by atoms with van der Waals surface area (Å²) in [6.45, 7) is 0.504. The van der Waals surface area contributed by atoms with Crippen LogP contribution in [0.1, 0.15) is 5.56 Å². The second-order valence-corrected chi connectivity index (χ2v) is 4.45. The third kappa shape index (κ3) is 2.30. The summed E-state index contributed by atoms with van der Waals surface area (Å²) >= 11 is 0. The van der Waals surface area contributed by atoms with Gasteiger partial charge in [-0.3, -0.25) is 4.79 Å². The van der Waals surface area contributed by atoms with Gasteiger partial charge in [-0.15, -0.1) is 0 Å². The van der Waals surface area contributed by atoms with Crippen LogP contribution in [0.15, 0.2) is 42.6 Å². The molecule has 0 fully saturated rings. The molecule has 0 N–H and O–H groups in total. The van der Waals surface area contributed by atoms with E-state index in [9.17, 15) is 4.79 Å². The van der Waals surface area contributed by atoms with Crippen LogP contribution in [0, 0.1) is 0 Å². The zero-order valence-electron chi connectivity index (χ0n) is 11.1. The van der Waals surface area contributed by atoms with Crippen LogP contribution in [0.5, 0.6) is 11.6 Å². The number of aromatic nitrogens is 1. The van der Waals surface area contributed by atoms with Gasteiger partial charge >= 0.3 is 0 Å². The van der Waals surface area contributed by atoms with E-state index in [1.54, 1.807) is 24.3 Å². The summed E-state index contributed by atoms with van der Waals surface area (Å²) in [5, 5.41) is 0. The molecule has 0 bridgehead atoms. The first-order chi connectivity index (χ1) is 9.78. The fraction of sp³-hybridized carbons (Fsp3) is 0.200. The minimum absolute atomic E-state index is 0.0131. The van der Waals surface area contributed by atoms with Crippen LogP contribution in [-0.2, 0) is 11.3 Å². The Bertz CT molecular complexity index is 628. The molecular formula is C15H14N2O3. The molecule has 5 heteroatoms. The molecule has 1 amide bonds. The molecule has 0 saturated carbocycles. The van der Waals surface area contributed by atoms with Crippen LogP contribution in [0.25, 0.3) is 0 Å². The van der Waals surface area contributed by atoms with E-state index in [1.807, 2.05) is 30.3 Å². The Balaban J connectivity index is 1.96. The minimum atomic E-state index is -0.0867. The average Bonchev–Trinajstić information content (AvgIpc) is 2.51. The van der Waals surface area contributed by atoms with Gasteiger partial charge in [-0.25, -0.2) is 4.98 Å². The molecule has 0 unspecified atom stereocenters. The number of benzene rings is 1. The Hall–Kier alpha value is -2.56. The number of pyridine rings is 1. The van der Waals surface area contributed by atoms with Crippen molar-refractivity contribution in [3.63, 3.8) is 0 Å². The smallest absolute Gasteiger partial charge is 0.265 e. The van der Waals surface area contributed by atoms with Crippen LogP contribution in [0.4, 0.5) is 5.69 Å². The Kier molecular flexibility index (Phi) is 3.25. The molecule has 1 aliphatic rings. The number of carbonyl (C=O) groups excluding carboxylic acids is 1. The lowest BCUT2D eigenvalue weighted by molar-refractivity contribution is -0.121. The number of hydrogen-bond donors (Lipinski definition) is 0. The van der Waals surface area contributed by atoms with Crippen LogP contribution < -0.4 is 14.4 Å². The number of anilines is 1. The maximum atomic E-state index is 12.1. The predicted octanol–water partition coefficient (Wildman–Crippen LogP) is 2.02. The minimum Gasteiger partial charge on any atom is -0.495 e. The normalized spacial score (nSPS) is 13.7. The molecule has 0 atom stereocenters.